The summed E-state index contributed by atoms with van der Waals surface area (Å²) in [4.78, 5) is 14.8. The Hall–Kier alpha value is -1.14. The molecule has 1 unspecified atom stereocenters. The van der Waals surface area contributed by atoms with E-state index in [0.717, 1.165) is 5.69 Å². The summed E-state index contributed by atoms with van der Waals surface area (Å²) in [6.07, 6.45) is -0.147. The van der Waals surface area contributed by atoms with Crippen LogP contribution in [0.25, 0.3) is 0 Å². The molecule has 1 fully saturated rings. The molecule has 1 saturated heterocycles. The average Bonchev–Trinajstić information content (AvgIpc) is 2.53. The van der Waals surface area contributed by atoms with Crippen LogP contribution in [0.4, 0.5) is 5.13 Å². The minimum absolute atomic E-state index is 0.0838. The van der Waals surface area contributed by atoms with Crippen molar-refractivity contribution in [3.8, 4) is 0 Å². The van der Waals surface area contributed by atoms with Crippen molar-refractivity contribution in [1.82, 2.24) is 10.3 Å². The smallest absolute Gasteiger partial charge is 0.246 e. The number of carbonyl (C=O) groups is 1. The fourth-order valence-corrected chi connectivity index (χ4v) is 1.74. The van der Waals surface area contributed by atoms with Gasteiger partial charge in [-0.3, -0.25) is 4.79 Å². The summed E-state index contributed by atoms with van der Waals surface area (Å²) in [5, 5.41) is 5.07. The molecule has 13 heavy (non-hydrogen) atoms. The number of thiazole rings is 1. The van der Waals surface area contributed by atoms with Crippen LogP contribution in [0.5, 0.6) is 0 Å². The predicted molar refractivity (Wildman–Crippen MR) is 48.2 cm³/mol. The standard InChI is InChI=1S/C7H9N3O2S/c8-7-10-4(3-13-7)5-1-9-6(11)2-12-5/h3,5H,1-2H2,(H2,8,10)(H,9,11). The van der Waals surface area contributed by atoms with E-state index in [9.17, 15) is 4.79 Å². The van der Waals surface area contributed by atoms with E-state index >= 15 is 0 Å². The molecule has 1 aliphatic heterocycles. The van der Waals surface area contributed by atoms with Crippen LogP contribution in [-0.4, -0.2) is 24.0 Å². The highest BCUT2D eigenvalue weighted by Crippen LogP contribution is 2.21. The summed E-state index contributed by atoms with van der Waals surface area (Å²) in [7, 11) is 0. The third-order valence-electron chi connectivity index (χ3n) is 1.77. The van der Waals surface area contributed by atoms with Crippen molar-refractivity contribution in [3.63, 3.8) is 0 Å². The third-order valence-corrected chi connectivity index (χ3v) is 2.46. The molecule has 2 rings (SSSR count). The lowest BCUT2D eigenvalue weighted by atomic mass is 10.2. The Bertz CT molecular complexity index is 315. The molecule has 1 aromatic rings. The summed E-state index contributed by atoms with van der Waals surface area (Å²) in [5.74, 6) is -0.0838. The number of hydrogen-bond acceptors (Lipinski definition) is 5. The van der Waals surface area contributed by atoms with Crippen LogP contribution in [-0.2, 0) is 9.53 Å². The predicted octanol–water partition coefficient (Wildman–Crippen LogP) is -0.0872. The van der Waals surface area contributed by atoms with E-state index in [1.807, 2.05) is 5.38 Å². The average molecular weight is 199 g/mol. The van der Waals surface area contributed by atoms with Crippen molar-refractivity contribution < 1.29 is 9.53 Å². The third kappa shape index (κ3) is 1.78. The first-order chi connectivity index (χ1) is 6.25. The highest BCUT2D eigenvalue weighted by molar-refractivity contribution is 7.13. The first-order valence-corrected chi connectivity index (χ1v) is 4.73. The zero-order chi connectivity index (χ0) is 9.26. The molecule has 1 amide bonds. The van der Waals surface area contributed by atoms with E-state index in [0.29, 0.717) is 11.7 Å². The molecule has 6 heteroatoms. The lowest BCUT2D eigenvalue weighted by Gasteiger charge is -2.21. The number of amides is 1. The molecule has 3 N–H and O–H groups in total. The Kier molecular flexibility index (Phi) is 2.15. The number of nitrogens with zero attached hydrogens (tertiary/aromatic N) is 1. The normalized spacial score (nSPS) is 22.8. The number of morpholine rings is 1. The number of hydrogen-bond donors (Lipinski definition) is 2. The van der Waals surface area contributed by atoms with Crippen LogP contribution in [0.15, 0.2) is 5.38 Å². The van der Waals surface area contributed by atoms with Crippen LogP contribution in [0, 0.1) is 0 Å². The lowest BCUT2D eigenvalue weighted by Crippen LogP contribution is -2.38. The van der Waals surface area contributed by atoms with Crippen LogP contribution in [0.3, 0.4) is 0 Å². The number of rotatable bonds is 1. The van der Waals surface area contributed by atoms with E-state index in [1.165, 1.54) is 11.3 Å². The topological polar surface area (TPSA) is 77.2 Å². The van der Waals surface area contributed by atoms with Gasteiger partial charge < -0.3 is 15.8 Å². The van der Waals surface area contributed by atoms with Gasteiger partial charge in [0.25, 0.3) is 0 Å². The quantitative estimate of drug-likeness (QED) is 0.662. The van der Waals surface area contributed by atoms with Gasteiger partial charge in [0, 0.05) is 11.9 Å². The first kappa shape index (κ1) is 8.46. The van der Waals surface area contributed by atoms with Crippen molar-refractivity contribution in [2.45, 2.75) is 6.10 Å². The van der Waals surface area contributed by atoms with E-state index < -0.39 is 0 Å². The Morgan fingerprint density at radius 3 is 3.15 bits per heavy atom. The molecular weight excluding hydrogens is 190 g/mol. The first-order valence-electron chi connectivity index (χ1n) is 3.85. The molecule has 0 aliphatic carbocycles. The van der Waals surface area contributed by atoms with Crippen LogP contribution in [0.1, 0.15) is 11.8 Å². The van der Waals surface area contributed by atoms with E-state index in [1.54, 1.807) is 0 Å². The summed E-state index contributed by atoms with van der Waals surface area (Å²) in [6, 6.07) is 0. The number of aromatic nitrogens is 1. The van der Waals surface area contributed by atoms with Gasteiger partial charge in [0.1, 0.15) is 12.7 Å². The van der Waals surface area contributed by atoms with Gasteiger partial charge in [0.15, 0.2) is 5.13 Å². The van der Waals surface area contributed by atoms with Crippen molar-refractivity contribution >= 4 is 22.4 Å². The summed E-state index contributed by atoms with van der Waals surface area (Å²) in [5.41, 5.74) is 6.27. The zero-order valence-corrected chi connectivity index (χ0v) is 7.63. The Labute approximate surface area is 78.9 Å². The van der Waals surface area contributed by atoms with Crippen LogP contribution in [0.2, 0.25) is 0 Å². The minimum atomic E-state index is -0.147. The molecule has 0 radical (unpaired) electrons. The largest absolute Gasteiger partial charge is 0.375 e. The minimum Gasteiger partial charge on any atom is -0.375 e. The van der Waals surface area contributed by atoms with Gasteiger partial charge in [-0.25, -0.2) is 4.98 Å². The van der Waals surface area contributed by atoms with Crippen molar-refractivity contribution in [2.24, 2.45) is 0 Å². The number of ether oxygens (including phenoxy) is 1. The van der Waals surface area contributed by atoms with Crippen molar-refractivity contribution in [3.05, 3.63) is 11.1 Å². The van der Waals surface area contributed by atoms with Crippen LogP contribution >= 0.6 is 11.3 Å². The van der Waals surface area contributed by atoms with Gasteiger partial charge in [-0.2, -0.15) is 0 Å². The molecular formula is C7H9N3O2S. The van der Waals surface area contributed by atoms with Gasteiger partial charge in [0.05, 0.1) is 5.69 Å². The van der Waals surface area contributed by atoms with Crippen molar-refractivity contribution in [1.29, 1.82) is 0 Å². The summed E-state index contributed by atoms with van der Waals surface area (Å²) in [6.45, 7) is 0.574. The molecule has 0 spiro atoms. The van der Waals surface area contributed by atoms with Crippen molar-refractivity contribution in [2.75, 3.05) is 18.9 Å². The van der Waals surface area contributed by atoms with E-state index in [4.69, 9.17) is 10.5 Å². The van der Waals surface area contributed by atoms with Gasteiger partial charge in [-0.15, -0.1) is 11.3 Å². The number of nitrogens with one attached hydrogen (secondary N) is 1. The second-order valence-corrected chi connectivity index (χ2v) is 3.60. The molecule has 5 nitrogen and oxygen atoms in total. The number of nitrogens with two attached hydrogens (primary N) is 1. The molecule has 1 aliphatic rings. The molecule has 2 heterocycles. The fourth-order valence-electron chi connectivity index (χ4n) is 1.13. The van der Waals surface area contributed by atoms with Gasteiger partial charge in [0.2, 0.25) is 5.91 Å². The fraction of sp³-hybridized carbons (Fsp3) is 0.429. The lowest BCUT2D eigenvalue weighted by molar-refractivity contribution is -0.133. The highest BCUT2D eigenvalue weighted by atomic mass is 32.1. The Morgan fingerprint density at radius 2 is 2.62 bits per heavy atom. The molecule has 70 valence electrons. The Balaban J connectivity index is 2.06. The molecule has 0 bridgehead atoms. The molecule has 1 atom stereocenters. The van der Waals surface area contributed by atoms with Gasteiger partial charge >= 0.3 is 0 Å². The number of anilines is 1. The maximum Gasteiger partial charge on any atom is 0.246 e. The molecule has 1 aromatic heterocycles. The monoisotopic (exact) mass is 199 g/mol. The highest BCUT2D eigenvalue weighted by Gasteiger charge is 2.21. The van der Waals surface area contributed by atoms with Gasteiger partial charge in [-0.1, -0.05) is 0 Å². The maximum atomic E-state index is 10.8. The summed E-state index contributed by atoms with van der Waals surface area (Å²) >= 11 is 1.37. The number of nitrogen functional groups attached to an aromatic ring is 1. The maximum absolute atomic E-state index is 10.8. The number of carbonyl (C=O) groups excluding carboxylic acids is 1. The second kappa shape index (κ2) is 3.31. The SMILES string of the molecule is Nc1nc(C2CNC(=O)CO2)cs1. The Morgan fingerprint density at radius 1 is 1.77 bits per heavy atom. The van der Waals surface area contributed by atoms with Gasteiger partial charge in [-0.05, 0) is 0 Å². The summed E-state index contributed by atoms with van der Waals surface area (Å²) < 4.78 is 5.27. The molecule has 0 saturated carbocycles. The second-order valence-electron chi connectivity index (χ2n) is 2.71. The van der Waals surface area contributed by atoms with E-state index in [-0.39, 0.29) is 18.6 Å². The zero-order valence-electron chi connectivity index (χ0n) is 6.82. The molecule has 0 aromatic carbocycles. The van der Waals surface area contributed by atoms with Crippen LogP contribution < -0.4 is 11.1 Å². The van der Waals surface area contributed by atoms with E-state index in [2.05, 4.69) is 10.3 Å².